The van der Waals surface area contributed by atoms with Crippen LogP contribution in [0, 0.1) is 23.3 Å². The topological polar surface area (TPSA) is 129 Å². The third-order valence-corrected chi connectivity index (χ3v) is 5.66. The summed E-state index contributed by atoms with van der Waals surface area (Å²) in [4.78, 5) is 47.4. The van der Waals surface area contributed by atoms with Crippen molar-refractivity contribution in [3.05, 3.63) is 82.9 Å². The van der Waals surface area contributed by atoms with E-state index in [1.54, 1.807) is 0 Å². The number of carbonyl (C=O) groups excluding carboxylic acids is 4. The van der Waals surface area contributed by atoms with E-state index >= 15 is 0 Å². The number of amides is 2. The first-order valence-electron chi connectivity index (χ1n) is 12.1. The second-order valence-electron chi connectivity index (χ2n) is 8.60. The van der Waals surface area contributed by atoms with Crippen molar-refractivity contribution in [2.45, 2.75) is 25.9 Å². The number of methoxy groups -OCH3 is 2. The number of nitrogens with one attached hydrogen (secondary N) is 2. The highest BCUT2D eigenvalue weighted by Crippen LogP contribution is 2.38. The maximum Gasteiger partial charge on any atom is 0.328 e. The third-order valence-electron chi connectivity index (χ3n) is 5.66. The van der Waals surface area contributed by atoms with Crippen molar-refractivity contribution >= 4 is 23.8 Å². The number of rotatable bonds is 10. The second-order valence-corrected chi connectivity index (χ2v) is 8.60. The summed E-state index contributed by atoms with van der Waals surface area (Å²) in [5.41, 5.74) is 0.0864. The van der Waals surface area contributed by atoms with Crippen LogP contribution >= 0.6 is 0 Å². The van der Waals surface area contributed by atoms with E-state index in [4.69, 9.17) is 9.47 Å². The SMILES string of the molecule is COC(=O)[C@H](C)NC(=O)c1ccc(Oc2c(F)c(F)c(Oc3ccc(C(=O)N[C@H](C)C(=O)OC)cc3)c(F)c2F)cc1. The van der Waals surface area contributed by atoms with Gasteiger partial charge in [0.2, 0.25) is 34.8 Å². The summed E-state index contributed by atoms with van der Waals surface area (Å²) < 4.78 is 78.0. The highest BCUT2D eigenvalue weighted by atomic mass is 19.2. The summed E-state index contributed by atoms with van der Waals surface area (Å²) in [7, 11) is 2.30. The van der Waals surface area contributed by atoms with Crippen LogP contribution in [0.25, 0.3) is 0 Å². The van der Waals surface area contributed by atoms with Gasteiger partial charge < -0.3 is 29.6 Å². The molecule has 42 heavy (non-hydrogen) atoms. The van der Waals surface area contributed by atoms with Crippen LogP contribution in [0.1, 0.15) is 34.6 Å². The van der Waals surface area contributed by atoms with Crippen LogP contribution in [0.3, 0.4) is 0 Å². The maximum absolute atomic E-state index is 14.8. The molecule has 2 amide bonds. The van der Waals surface area contributed by atoms with Crippen LogP contribution in [0.4, 0.5) is 17.6 Å². The van der Waals surface area contributed by atoms with E-state index in [9.17, 15) is 36.7 Å². The molecule has 3 rings (SSSR count). The van der Waals surface area contributed by atoms with E-state index in [-0.39, 0.29) is 22.6 Å². The maximum atomic E-state index is 14.8. The Morgan fingerprint density at radius 3 is 1.12 bits per heavy atom. The fourth-order valence-corrected chi connectivity index (χ4v) is 3.39. The summed E-state index contributed by atoms with van der Waals surface area (Å²) >= 11 is 0. The molecule has 0 bridgehead atoms. The Bertz CT molecular complexity index is 1360. The minimum Gasteiger partial charge on any atom is -0.467 e. The van der Waals surface area contributed by atoms with E-state index in [2.05, 4.69) is 20.1 Å². The summed E-state index contributed by atoms with van der Waals surface area (Å²) in [5, 5.41) is 4.75. The Hall–Kier alpha value is -5.14. The molecule has 0 fully saturated rings. The number of carbonyl (C=O) groups is 4. The smallest absolute Gasteiger partial charge is 0.328 e. The van der Waals surface area contributed by atoms with Gasteiger partial charge in [-0.05, 0) is 62.4 Å². The van der Waals surface area contributed by atoms with E-state index in [0.717, 1.165) is 38.5 Å². The number of halogens is 4. The second kappa shape index (κ2) is 13.5. The zero-order chi connectivity index (χ0) is 31.1. The fraction of sp³-hybridized carbons (Fsp3) is 0.214. The first kappa shape index (κ1) is 31.4. The Kier molecular flexibility index (Phi) is 10.1. The molecule has 0 radical (unpaired) electrons. The molecule has 0 aliphatic heterocycles. The van der Waals surface area contributed by atoms with Crippen molar-refractivity contribution in [2.24, 2.45) is 0 Å². The van der Waals surface area contributed by atoms with Gasteiger partial charge in [0.05, 0.1) is 14.2 Å². The van der Waals surface area contributed by atoms with Gasteiger partial charge in [-0.2, -0.15) is 17.6 Å². The number of hydrogen-bond donors (Lipinski definition) is 2. The molecule has 0 aromatic heterocycles. The first-order valence-corrected chi connectivity index (χ1v) is 12.1. The molecule has 3 aromatic rings. The van der Waals surface area contributed by atoms with Gasteiger partial charge in [0, 0.05) is 11.1 Å². The average molecular weight is 592 g/mol. The van der Waals surface area contributed by atoms with Gasteiger partial charge in [0.1, 0.15) is 23.6 Å². The molecule has 0 aliphatic rings. The van der Waals surface area contributed by atoms with Crippen LogP contribution in [0.5, 0.6) is 23.0 Å². The lowest BCUT2D eigenvalue weighted by Gasteiger charge is -2.14. The minimum absolute atomic E-state index is 0.0432. The van der Waals surface area contributed by atoms with Gasteiger partial charge in [-0.1, -0.05) is 0 Å². The zero-order valence-electron chi connectivity index (χ0n) is 22.6. The summed E-state index contributed by atoms with van der Waals surface area (Å²) in [6.07, 6.45) is 0. The zero-order valence-corrected chi connectivity index (χ0v) is 22.6. The van der Waals surface area contributed by atoms with Crippen molar-refractivity contribution in [3.63, 3.8) is 0 Å². The molecule has 2 N–H and O–H groups in total. The standard InChI is InChI=1S/C28H24F4N2O8/c1-13(27(37)39-3)33-25(35)15-5-9-17(10-6-15)41-23-19(29)21(31)24(22(32)20(23)30)42-18-11-7-16(8-12-18)26(36)34-14(2)28(38)40-4/h5-14H,1-4H3,(H,33,35)(H,34,36)/t13-,14+. The molecule has 10 nitrogen and oxygen atoms in total. The average Bonchev–Trinajstić information content (AvgIpc) is 2.99. The first-order chi connectivity index (χ1) is 19.9. The predicted molar refractivity (Wildman–Crippen MR) is 137 cm³/mol. The van der Waals surface area contributed by atoms with Gasteiger partial charge in [-0.3, -0.25) is 9.59 Å². The molecule has 3 aromatic carbocycles. The molecule has 0 unspecified atom stereocenters. The summed E-state index contributed by atoms with van der Waals surface area (Å²) in [6.45, 7) is 2.79. The van der Waals surface area contributed by atoms with Crippen molar-refractivity contribution in [1.29, 1.82) is 0 Å². The van der Waals surface area contributed by atoms with E-state index in [0.29, 0.717) is 0 Å². The van der Waals surface area contributed by atoms with Crippen molar-refractivity contribution in [3.8, 4) is 23.0 Å². The molecule has 0 saturated carbocycles. The lowest BCUT2D eigenvalue weighted by atomic mass is 10.2. The van der Waals surface area contributed by atoms with E-state index < -0.39 is 70.6 Å². The van der Waals surface area contributed by atoms with Crippen molar-refractivity contribution in [1.82, 2.24) is 10.6 Å². The molecular weight excluding hydrogens is 568 g/mol. The van der Waals surface area contributed by atoms with Crippen LogP contribution in [-0.2, 0) is 19.1 Å². The Morgan fingerprint density at radius 2 is 0.857 bits per heavy atom. The van der Waals surface area contributed by atoms with Gasteiger partial charge in [0.15, 0.2) is 0 Å². The number of ether oxygens (including phenoxy) is 4. The molecular formula is C28H24F4N2O8. The highest BCUT2D eigenvalue weighted by Gasteiger charge is 2.29. The van der Waals surface area contributed by atoms with E-state index in [1.807, 2.05) is 0 Å². The summed E-state index contributed by atoms with van der Waals surface area (Å²) in [5.74, 6) is -13.6. The Labute approximate surface area is 236 Å². The monoisotopic (exact) mass is 592 g/mol. The minimum atomic E-state index is -1.90. The molecule has 0 heterocycles. The molecule has 14 heteroatoms. The van der Waals surface area contributed by atoms with Crippen molar-refractivity contribution in [2.75, 3.05) is 14.2 Å². The number of esters is 2. The van der Waals surface area contributed by atoms with Crippen LogP contribution in [0.2, 0.25) is 0 Å². The molecule has 0 saturated heterocycles. The molecule has 0 spiro atoms. The predicted octanol–water partition coefficient (Wildman–Crippen LogP) is 4.41. The lowest BCUT2D eigenvalue weighted by Crippen LogP contribution is -2.39. The van der Waals surface area contributed by atoms with Gasteiger partial charge in [0.25, 0.3) is 11.8 Å². The Morgan fingerprint density at radius 1 is 0.571 bits per heavy atom. The number of hydrogen-bond acceptors (Lipinski definition) is 8. The Balaban J connectivity index is 1.75. The largest absolute Gasteiger partial charge is 0.467 e. The third kappa shape index (κ3) is 7.13. The summed E-state index contributed by atoms with van der Waals surface area (Å²) in [6, 6.07) is 7.30. The lowest BCUT2D eigenvalue weighted by molar-refractivity contribution is -0.143. The number of benzene rings is 3. The van der Waals surface area contributed by atoms with Crippen molar-refractivity contribution < 1.29 is 55.7 Å². The quantitative estimate of drug-likeness (QED) is 0.201. The molecule has 2 atom stereocenters. The molecule has 222 valence electrons. The van der Waals surface area contributed by atoms with Gasteiger partial charge in [-0.25, -0.2) is 9.59 Å². The van der Waals surface area contributed by atoms with Gasteiger partial charge in [-0.15, -0.1) is 0 Å². The highest BCUT2D eigenvalue weighted by molar-refractivity contribution is 5.97. The van der Waals surface area contributed by atoms with Crippen LogP contribution in [-0.4, -0.2) is 50.1 Å². The normalized spacial score (nSPS) is 12.0. The molecule has 0 aliphatic carbocycles. The fourth-order valence-electron chi connectivity index (χ4n) is 3.39. The van der Waals surface area contributed by atoms with Crippen LogP contribution in [0.15, 0.2) is 48.5 Å². The van der Waals surface area contributed by atoms with Gasteiger partial charge >= 0.3 is 11.9 Å². The van der Waals surface area contributed by atoms with E-state index in [1.165, 1.54) is 38.1 Å². The van der Waals surface area contributed by atoms with Crippen LogP contribution < -0.4 is 20.1 Å².